The van der Waals surface area contributed by atoms with Crippen LogP contribution < -0.4 is 4.74 Å². The molecule has 0 aromatic heterocycles. The molecular formula is C13H18O3. The molecule has 0 radical (unpaired) electrons. The summed E-state index contributed by atoms with van der Waals surface area (Å²) >= 11 is 0. The molecule has 16 heavy (non-hydrogen) atoms. The number of ether oxygens (including phenoxy) is 1. The molecular weight excluding hydrogens is 204 g/mol. The van der Waals surface area contributed by atoms with Gasteiger partial charge in [0.1, 0.15) is 5.75 Å². The Labute approximate surface area is 96.1 Å². The smallest absolute Gasteiger partial charge is 0.169 e. The predicted molar refractivity (Wildman–Crippen MR) is 62.7 cm³/mol. The van der Waals surface area contributed by atoms with Crippen molar-refractivity contribution in [1.29, 1.82) is 0 Å². The standard InChI is InChI=1S/C13H18O3/c1-4-9(2)13(15)11-7-10(8-14)5-6-12(11)16-3/h5-7,9,14H,4,8H2,1-3H3. The molecule has 0 heterocycles. The number of rotatable bonds is 5. The van der Waals surface area contributed by atoms with Gasteiger partial charge in [-0.3, -0.25) is 4.79 Å². The summed E-state index contributed by atoms with van der Waals surface area (Å²) in [6, 6.07) is 5.18. The number of aliphatic hydroxyl groups is 1. The Morgan fingerprint density at radius 3 is 2.69 bits per heavy atom. The molecule has 3 heteroatoms. The first kappa shape index (κ1) is 12.7. The van der Waals surface area contributed by atoms with Gasteiger partial charge in [0, 0.05) is 5.92 Å². The zero-order chi connectivity index (χ0) is 12.1. The van der Waals surface area contributed by atoms with Gasteiger partial charge in [-0.2, -0.15) is 0 Å². The normalized spacial score (nSPS) is 12.2. The van der Waals surface area contributed by atoms with E-state index < -0.39 is 0 Å². The second-order valence-corrected chi connectivity index (χ2v) is 3.87. The Morgan fingerprint density at radius 1 is 1.50 bits per heavy atom. The topological polar surface area (TPSA) is 46.5 Å². The maximum atomic E-state index is 12.1. The molecule has 0 aliphatic carbocycles. The second-order valence-electron chi connectivity index (χ2n) is 3.87. The van der Waals surface area contributed by atoms with E-state index in [-0.39, 0.29) is 18.3 Å². The number of carbonyl (C=O) groups is 1. The highest BCUT2D eigenvalue weighted by Crippen LogP contribution is 2.24. The Bertz CT molecular complexity index is 371. The van der Waals surface area contributed by atoms with Crippen LogP contribution in [0.4, 0.5) is 0 Å². The molecule has 1 aromatic carbocycles. The van der Waals surface area contributed by atoms with E-state index in [0.717, 1.165) is 12.0 Å². The molecule has 0 spiro atoms. The Hall–Kier alpha value is -1.35. The van der Waals surface area contributed by atoms with Gasteiger partial charge in [0.15, 0.2) is 5.78 Å². The second kappa shape index (κ2) is 5.66. The number of hydrogen-bond donors (Lipinski definition) is 1. The van der Waals surface area contributed by atoms with Crippen molar-refractivity contribution in [2.24, 2.45) is 5.92 Å². The molecule has 0 aliphatic heterocycles. The van der Waals surface area contributed by atoms with Crippen molar-refractivity contribution in [3.63, 3.8) is 0 Å². The van der Waals surface area contributed by atoms with Crippen LogP contribution in [-0.2, 0) is 6.61 Å². The minimum absolute atomic E-state index is 0.0251. The number of Topliss-reactive ketones (excluding diaryl/α,β-unsaturated/α-hetero) is 1. The first-order chi connectivity index (χ1) is 7.63. The molecule has 88 valence electrons. The van der Waals surface area contributed by atoms with E-state index in [1.807, 2.05) is 13.8 Å². The molecule has 1 atom stereocenters. The van der Waals surface area contributed by atoms with Crippen LogP contribution >= 0.6 is 0 Å². The van der Waals surface area contributed by atoms with Crippen molar-refractivity contribution >= 4 is 5.78 Å². The van der Waals surface area contributed by atoms with Crippen LogP contribution in [0, 0.1) is 5.92 Å². The van der Waals surface area contributed by atoms with Gasteiger partial charge in [0.2, 0.25) is 0 Å². The third-order valence-corrected chi connectivity index (χ3v) is 2.77. The van der Waals surface area contributed by atoms with Gasteiger partial charge in [-0.1, -0.05) is 19.9 Å². The van der Waals surface area contributed by atoms with Gasteiger partial charge in [0.05, 0.1) is 19.3 Å². The number of hydrogen-bond acceptors (Lipinski definition) is 3. The molecule has 0 fully saturated rings. The monoisotopic (exact) mass is 222 g/mol. The number of methoxy groups -OCH3 is 1. The van der Waals surface area contributed by atoms with E-state index in [2.05, 4.69) is 0 Å². The fourth-order valence-electron chi connectivity index (χ4n) is 1.50. The average molecular weight is 222 g/mol. The van der Waals surface area contributed by atoms with Crippen molar-refractivity contribution in [2.45, 2.75) is 26.9 Å². The van der Waals surface area contributed by atoms with E-state index in [1.54, 1.807) is 25.3 Å². The van der Waals surface area contributed by atoms with Gasteiger partial charge in [-0.05, 0) is 24.1 Å². The number of ketones is 1. The molecule has 1 rings (SSSR count). The summed E-state index contributed by atoms with van der Waals surface area (Å²) in [5.41, 5.74) is 1.29. The van der Waals surface area contributed by atoms with Crippen LogP contribution in [-0.4, -0.2) is 18.0 Å². The average Bonchev–Trinajstić information content (AvgIpc) is 2.35. The third kappa shape index (κ3) is 2.61. The molecule has 1 aromatic rings. The van der Waals surface area contributed by atoms with Crippen LogP contribution in [0.2, 0.25) is 0 Å². The Morgan fingerprint density at radius 2 is 2.19 bits per heavy atom. The van der Waals surface area contributed by atoms with E-state index >= 15 is 0 Å². The van der Waals surface area contributed by atoms with Crippen LogP contribution in [0.25, 0.3) is 0 Å². The minimum Gasteiger partial charge on any atom is -0.496 e. The summed E-state index contributed by atoms with van der Waals surface area (Å²) < 4.78 is 5.16. The van der Waals surface area contributed by atoms with Crippen LogP contribution in [0.3, 0.4) is 0 Å². The van der Waals surface area contributed by atoms with Crippen LogP contribution in [0.1, 0.15) is 36.2 Å². The number of carbonyl (C=O) groups excluding carboxylic acids is 1. The SMILES string of the molecule is CCC(C)C(=O)c1cc(CO)ccc1OC. The Kier molecular flexibility index (Phi) is 4.50. The first-order valence-electron chi connectivity index (χ1n) is 5.46. The summed E-state index contributed by atoms with van der Waals surface area (Å²) in [6.07, 6.45) is 0.797. The van der Waals surface area contributed by atoms with Crippen molar-refractivity contribution in [2.75, 3.05) is 7.11 Å². The minimum atomic E-state index is -0.0647. The van der Waals surface area contributed by atoms with E-state index in [1.165, 1.54) is 0 Å². The number of aliphatic hydroxyl groups excluding tert-OH is 1. The first-order valence-corrected chi connectivity index (χ1v) is 5.46. The van der Waals surface area contributed by atoms with Gasteiger partial charge in [0.25, 0.3) is 0 Å². The van der Waals surface area contributed by atoms with E-state index in [4.69, 9.17) is 9.84 Å². The lowest BCUT2D eigenvalue weighted by atomic mass is 9.95. The van der Waals surface area contributed by atoms with Crippen molar-refractivity contribution in [3.05, 3.63) is 29.3 Å². The Balaban J connectivity index is 3.13. The molecule has 1 N–H and O–H groups in total. The lowest BCUT2D eigenvalue weighted by molar-refractivity contribution is 0.0924. The van der Waals surface area contributed by atoms with Gasteiger partial charge < -0.3 is 9.84 Å². The zero-order valence-corrected chi connectivity index (χ0v) is 9.99. The molecule has 0 bridgehead atoms. The third-order valence-electron chi connectivity index (χ3n) is 2.77. The summed E-state index contributed by atoms with van der Waals surface area (Å²) in [4.78, 5) is 12.1. The van der Waals surface area contributed by atoms with Crippen molar-refractivity contribution in [3.8, 4) is 5.75 Å². The largest absolute Gasteiger partial charge is 0.496 e. The maximum absolute atomic E-state index is 12.1. The van der Waals surface area contributed by atoms with E-state index in [9.17, 15) is 4.79 Å². The number of benzene rings is 1. The lowest BCUT2D eigenvalue weighted by Crippen LogP contribution is -2.12. The van der Waals surface area contributed by atoms with Crippen molar-refractivity contribution in [1.82, 2.24) is 0 Å². The van der Waals surface area contributed by atoms with Crippen LogP contribution in [0.15, 0.2) is 18.2 Å². The molecule has 0 aliphatic rings. The molecule has 0 saturated carbocycles. The van der Waals surface area contributed by atoms with Crippen molar-refractivity contribution < 1.29 is 14.6 Å². The highest BCUT2D eigenvalue weighted by atomic mass is 16.5. The van der Waals surface area contributed by atoms with Gasteiger partial charge >= 0.3 is 0 Å². The van der Waals surface area contributed by atoms with E-state index in [0.29, 0.717) is 11.3 Å². The lowest BCUT2D eigenvalue weighted by Gasteiger charge is -2.12. The fraction of sp³-hybridized carbons (Fsp3) is 0.462. The van der Waals surface area contributed by atoms with Gasteiger partial charge in [-0.15, -0.1) is 0 Å². The highest BCUT2D eigenvalue weighted by Gasteiger charge is 2.17. The summed E-state index contributed by atoms with van der Waals surface area (Å²) in [5, 5.41) is 9.05. The molecule has 0 amide bonds. The summed E-state index contributed by atoms with van der Waals surface area (Å²) in [6.45, 7) is 3.81. The van der Waals surface area contributed by atoms with Crippen LogP contribution in [0.5, 0.6) is 5.75 Å². The predicted octanol–water partition coefficient (Wildman–Crippen LogP) is 2.42. The molecule has 0 saturated heterocycles. The van der Waals surface area contributed by atoms with Gasteiger partial charge in [-0.25, -0.2) is 0 Å². The quantitative estimate of drug-likeness (QED) is 0.778. The highest BCUT2D eigenvalue weighted by molar-refractivity contribution is 6.00. The maximum Gasteiger partial charge on any atom is 0.169 e. The molecule has 1 unspecified atom stereocenters. The zero-order valence-electron chi connectivity index (χ0n) is 9.99. The fourth-order valence-corrected chi connectivity index (χ4v) is 1.50. The summed E-state index contributed by atoms with van der Waals surface area (Å²) in [7, 11) is 1.54. The molecule has 3 nitrogen and oxygen atoms in total. The summed E-state index contributed by atoms with van der Waals surface area (Å²) in [5.74, 6) is 0.611.